The van der Waals surface area contributed by atoms with Gasteiger partial charge in [0.25, 0.3) is 0 Å². The molecule has 0 fully saturated rings. The molecule has 53 heavy (non-hydrogen) atoms. The molecule has 2 aliphatic rings. The molecular formula is C48H31N3OS. The fourth-order valence-electron chi connectivity index (χ4n) is 8.56. The van der Waals surface area contributed by atoms with Crippen molar-refractivity contribution in [1.82, 2.24) is 15.0 Å². The van der Waals surface area contributed by atoms with Crippen LogP contribution in [0.1, 0.15) is 33.4 Å². The third-order valence-electron chi connectivity index (χ3n) is 11.0. The van der Waals surface area contributed by atoms with Gasteiger partial charge in [-0.1, -0.05) is 139 Å². The molecule has 3 heterocycles. The van der Waals surface area contributed by atoms with Crippen molar-refractivity contribution in [3.05, 3.63) is 185 Å². The number of thiophene rings is 1. The molecule has 4 nitrogen and oxygen atoms in total. The molecule has 0 bridgehead atoms. The molecule has 0 saturated carbocycles. The lowest BCUT2D eigenvalue weighted by Gasteiger charge is -2.40. The van der Waals surface area contributed by atoms with Gasteiger partial charge in [0, 0.05) is 42.4 Å². The maximum absolute atomic E-state index is 7.05. The molecule has 0 saturated heterocycles. The van der Waals surface area contributed by atoms with E-state index in [2.05, 4.69) is 166 Å². The minimum Gasteiger partial charge on any atom is -0.456 e. The lowest BCUT2D eigenvalue weighted by molar-refractivity contribution is 0.438. The van der Waals surface area contributed by atoms with E-state index in [0.717, 1.165) is 39.3 Å². The van der Waals surface area contributed by atoms with Gasteiger partial charge in [-0.15, -0.1) is 11.3 Å². The van der Waals surface area contributed by atoms with Crippen LogP contribution in [0.25, 0.3) is 65.5 Å². The highest BCUT2D eigenvalue weighted by Gasteiger charge is 2.52. The summed E-state index contributed by atoms with van der Waals surface area (Å²) in [4.78, 5) is 15.4. The molecule has 250 valence electrons. The van der Waals surface area contributed by atoms with Crippen LogP contribution in [0, 0.1) is 13.8 Å². The lowest BCUT2D eigenvalue weighted by Crippen LogP contribution is -2.32. The first-order valence-corrected chi connectivity index (χ1v) is 18.8. The number of hydrogen-bond acceptors (Lipinski definition) is 5. The van der Waals surface area contributed by atoms with Crippen molar-refractivity contribution in [2.75, 3.05) is 0 Å². The quantitative estimate of drug-likeness (QED) is 0.184. The van der Waals surface area contributed by atoms with Gasteiger partial charge in [-0.3, -0.25) is 0 Å². The van der Waals surface area contributed by atoms with E-state index in [0.29, 0.717) is 17.5 Å². The van der Waals surface area contributed by atoms with Crippen molar-refractivity contribution in [3.63, 3.8) is 0 Å². The van der Waals surface area contributed by atoms with E-state index < -0.39 is 5.41 Å². The van der Waals surface area contributed by atoms with Crippen molar-refractivity contribution in [2.24, 2.45) is 0 Å². The SMILES string of the molecule is Cc1ccc(-c2nc(-c3ccc(C)cc3)nc(-c3cccc4c3Oc3ccccc3C43c4ccccc4-c4c3ccc3sc5ccccc5c43)n2)cc1. The standard InChI is InChI=1S/C48H31N3OS/c1-28-18-22-30(23-19-28)45-49-46(31-24-20-29(2)21-25-31)51-47(50-45)34-12-9-15-38-44(34)52-39-16-7-6-14-36(39)48(38)35-13-5-3-10-32(35)42-37(48)26-27-41-43(42)33-11-4-8-17-40(33)53-41/h3-27H,1-2H3. The number of hydrogen-bond donors (Lipinski definition) is 0. The Balaban J connectivity index is 1.22. The van der Waals surface area contributed by atoms with Crippen LogP contribution in [0.3, 0.4) is 0 Å². The number of aryl methyl sites for hydroxylation is 2. The summed E-state index contributed by atoms with van der Waals surface area (Å²) in [6, 6.07) is 54.1. The van der Waals surface area contributed by atoms with Gasteiger partial charge in [0.1, 0.15) is 11.5 Å². The highest BCUT2D eigenvalue weighted by atomic mass is 32.1. The Morgan fingerprint density at radius 1 is 0.472 bits per heavy atom. The number of benzene rings is 7. The van der Waals surface area contributed by atoms with Crippen molar-refractivity contribution in [2.45, 2.75) is 19.3 Å². The first-order valence-electron chi connectivity index (χ1n) is 17.9. The molecule has 11 rings (SSSR count). The first-order chi connectivity index (χ1) is 26.1. The van der Waals surface area contributed by atoms with E-state index in [1.165, 1.54) is 53.6 Å². The Morgan fingerprint density at radius 3 is 1.83 bits per heavy atom. The molecule has 0 amide bonds. The van der Waals surface area contributed by atoms with E-state index in [9.17, 15) is 0 Å². The molecule has 5 heteroatoms. The molecule has 1 unspecified atom stereocenters. The highest BCUT2D eigenvalue weighted by molar-refractivity contribution is 7.26. The topological polar surface area (TPSA) is 47.9 Å². The smallest absolute Gasteiger partial charge is 0.167 e. The van der Waals surface area contributed by atoms with Crippen LogP contribution in [0.4, 0.5) is 0 Å². The third kappa shape index (κ3) is 4.32. The van der Waals surface area contributed by atoms with Crippen LogP contribution in [-0.4, -0.2) is 15.0 Å². The summed E-state index contributed by atoms with van der Waals surface area (Å²) < 4.78 is 9.64. The maximum Gasteiger partial charge on any atom is 0.167 e. The highest BCUT2D eigenvalue weighted by Crippen LogP contribution is 2.64. The number of ether oxygens (including phenoxy) is 1. The zero-order valence-corrected chi connectivity index (χ0v) is 29.9. The van der Waals surface area contributed by atoms with Crippen molar-refractivity contribution < 1.29 is 4.74 Å². The number of rotatable bonds is 3. The molecule has 1 atom stereocenters. The third-order valence-corrected chi connectivity index (χ3v) is 12.1. The van der Waals surface area contributed by atoms with Crippen molar-refractivity contribution in [3.8, 4) is 56.8 Å². The minimum absolute atomic E-state index is 0.573. The van der Waals surface area contributed by atoms with E-state index in [1.54, 1.807) is 0 Å². The average Bonchev–Trinajstić information content (AvgIpc) is 3.72. The van der Waals surface area contributed by atoms with E-state index in [1.807, 2.05) is 11.3 Å². The molecule has 1 aliphatic carbocycles. The van der Waals surface area contributed by atoms with Crippen LogP contribution in [0.5, 0.6) is 11.5 Å². The maximum atomic E-state index is 7.05. The van der Waals surface area contributed by atoms with Crippen molar-refractivity contribution >= 4 is 31.5 Å². The second kappa shape index (κ2) is 11.3. The van der Waals surface area contributed by atoms with Crippen LogP contribution < -0.4 is 4.74 Å². The molecule has 9 aromatic rings. The van der Waals surface area contributed by atoms with Gasteiger partial charge in [0.15, 0.2) is 17.5 Å². The predicted molar refractivity (Wildman–Crippen MR) is 216 cm³/mol. The fourth-order valence-corrected chi connectivity index (χ4v) is 9.67. The fraction of sp³-hybridized carbons (Fsp3) is 0.0625. The Morgan fingerprint density at radius 2 is 1.08 bits per heavy atom. The summed E-state index contributed by atoms with van der Waals surface area (Å²) in [5, 5.41) is 2.61. The van der Waals surface area contributed by atoms with Gasteiger partial charge in [-0.05, 0) is 60.4 Å². The van der Waals surface area contributed by atoms with Gasteiger partial charge in [0.05, 0.1) is 11.0 Å². The second-order valence-electron chi connectivity index (χ2n) is 14.1. The summed E-state index contributed by atoms with van der Waals surface area (Å²) in [7, 11) is 0. The molecule has 2 aromatic heterocycles. The number of fused-ring (bicyclic) bond motifs is 13. The van der Waals surface area contributed by atoms with Crippen molar-refractivity contribution in [1.29, 1.82) is 0 Å². The zero-order valence-electron chi connectivity index (χ0n) is 29.1. The molecular weight excluding hydrogens is 667 g/mol. The summed E-state index contributed by atoms with van der Waals surface area (Å²) >= 11 is 1.86. The first kappa shape index (κ1) is 30.2. The van der Waals surface area contributed by atoms with E-state index in [4.69, 9.17) is 19.7 Å². The van der Waals surface area contributed by atoms with Gasteiger partial charge in [0.2, 0.25) is 0 Å². The summed E-state index contributed by atoms with van der Waals surface area (Å²) in [5.74, 6) is 3.41. The summed E-state index contributed by atoms with van der Waals surface area (Å²) in [6.45, 7) is 4.18. The normalized spacial score (nSPS) is 15.2. The largest absolute Gasteiger partial charge is 0.456 e. The summed E-state index contributed by atoms with van der Waals surface area (Å²) in [6.07, 6.45) is 0. The van der Waals surface area contributed by atoms with Gasteiger partial charge >= 0.3 is 0 Å². The lowest BCUT2D eigenvalue weighted by atomic mass is 9.65. The number of aromatic nitrogens is 3. The Hall–Kier alpha value is -6.43. The average molecular weight is 698 g/mol. The molecule has 7 aromatic carbocycles. The zero-order chi connectivity index (χ0) is 35.3. The minimum atomic E-state index is -0.629. The Bertz CT molecular complexity index is 2880. The van der Waals surface area contributed by atoms with Gasteiger partial charge in [-0.25, -0.2) is 15.0 Å². The monoisotopic (exact) mass is 697 g/mol. The molecule has 1 spiro atoms. The van der Waals surface area contributed by atoms with E-state index in [-0.39, 0.29) is 0 Å². The van der Waals surface area contributed by atoms with Crippen LogP contribution in [0.15, 0.2) is 152 Å². The van der Waals surface area contributed by atoms with Crippen LogP contribution in [-0.2, 0) is 5.41 Å². The van der Waals surface area contributed by atoms with Crippen LogP contribution >= 0.6 is 11.3 Å². The van der Waals surface area contributed by atoms with Gasteiger partial charge in [-0.2, -0.15) is 0 Å². The van der Waals surface area contributed by atoms with Crippen LogP contribution in [0.2, 0.25) is 0 Å². The second-order valence-corrected chi connectivity index (χ2v) is 15.2. The molecule has 1 aliphatic heterocycles. The Kier molecular flexibility index (Phi) is 6.43. The number of nitrogens with zero attached hydrogens (tertiary/aromatic N) is 3. The Labute approximate surface area is 311 Å². The predicted octanol–water partition coefficient (Wildman–Crippen LogP) is 12.3. The van der Waals surface area contributed by atoms with Gasteiger partial charge < -0.3 is 4.74 Å². The molecule has 0 radical (unpaired) electrons. The van der Waals surface area contributed by atoms with E-state index >= 15 is 0 Å². The summed E-state index contributed by atoms with van der Waals surface area (Å²) in [5.41, 5.74) is 11.7. The molecule has 0 N–H and O–H groups in total. The number of para-hydroxylation sites is 2.